The minimum atomic E-state index is -0.530. The summed E-state index contributed by atoms with van der Waals surface area (Å²) < 4.78 is 0. The summed E-state index contributed by atoms with van der Waals surface area (Å²) in [7, 11) is 0. The Morgan fingerprint density at radius 1 is 1.04 bits per heavy atom. The van der Waals surface area contributed by atoms with Gasteiger partial charge in [-0.15, -0.1) is 0 Å². The highest BCUT2D eigenvalue weighted by Crippen LogP contribution is 2.28. The fraction of sp³-hybridized carbons (Fsp3) is 0.417. The number of nitrogens with one attached hydrogen (secondary N) is 1. The van der Waals surface area contributed by atoms with E-state index in [1.165, 1.54) is 5.56 Å². The summed E-state index contributed by atoms with van der Waals surface area (Å²) in [5.41, 5.74) is 4.15. The Kier molecular flexibility index (Phi) is 6.50. The van der Waals surface area contributed by atoms with Crippen molar-refractivity contribution in [1.82, 2.24) is 4.90 Å². The molecule has 1 aliphatic heterocycles. The van der Waals surface area contributed by atoms with Gasteiger partial charge in [-0.3, -0.25) is 9.59 Å². The molecule has 0 unspecified atom stereocenters. The third-order valence-electron chi connectivity index (χ3n) is 5.63. The third-order valence-corrected chi connectivity index (χ3v) is 5.63. The van der Waals surface area contributed by atoms with Gasteiger partial charge in [-0.2, -0.15) is 0 Å². The zero-order valence-electron chi connectivity index (χ0n) is 17.1. The topological polar surface area (TPSA) is 49.4 Å². The van der Waals surface area contributed by atoms with Crippen LogP contribution in [0.1, 0.15) is 49.3 Å². The Labute approximate surface area is 167 Å². The van der Waals surface area contributed by atoms with Gasteiger partial charge in [0.2, 0.25) is 0 Å². The van der Waals surface area contributed by atoms with Crippen molar-refractivity contribution in [2.24, 2.45) is 5.92 Å². The second kappa shape index (κ2) is 9.05. The van der Waals surface area contributed by atoms with Gasteiger partial charge in [-0.05, 0) is 54.7 Å². The van der Waals surface area contributed by atoms with Crippen LogP contribution in [0.4, 0.5) is 5.69 Å². The van der Waals surface area contributed by atoms with Crippen molar-refractivity contribution < 1.29 is 9.59 Å². The molecule has 4 heteroatoms. The highest BCUT2D eigenvalue weighted by atomic mass is 16.2. The molecule has 148 valence electrons. The van der Waals surface area contributed by atoms with Crippen molar-refractivity contribution in [3.8, 4) is 0 Å². The summed E-state index contributed by atoms with van der Waals surface area (Å²) >= 11 is 0. The van der Waals surface area contributed by atoms with Gasteiger partial charge in [0.25, 0.3) is 0 Å². The zero-order chi connectivity index (χ0) is 20.1. The normalized spacial score (nSPS) is 14.9. The zero-order valence-corrected chi connectivity index (χ0v) is 17.1. The standard InChI is InChI=1S/C24H30N2O2/c1-17(2)21-11-7-8-18(3)22(21)25-23(27)24(28)26-14-12-20(13-15-26)16-19-9-5-4-6-10-19/h4-11,17,20H,12-16H2,1-3H3,(H,25,27). The van der Waals surface area contributed by atoms with Crippen molar-refractivity contribution in [2.75, 3.05) is 18.4 Å². The molecule has 1 N–H and O–H groups in total. The van der Waals surface area contributed by atoms with E-state index in [2.05, 4.69) is 43.4 Å². The Morgan fingerprint density at radius 2 is 1.71 bits per heavy atom. The molecular formula is C24H30N2O2. The molecule has 0 aromatic heterocycles. The van der Waals surface area contributed by atoms with Gasteiger partial charge in [0, 0.05) is 18.8 Å². The number of piperidine rings is 1. The van der Waals surface area contributed by atoms with Gasteiger partial charge in [0.15, 0.2) is 0 Å². The van der Waals surface area contributed by atoms with Crippen molar-refractivity contribution in [3.63, 3.8) is 0 Å². The summed E-state index contributed by atoms with van der Waals surface area (Å²) in [5, 5.41) is 2.88. The number of hydrogen-bond acceptors (Lipinski definition) is 2. The van der Waals surface area contributed by atoms with Crippen LogP contribution in [0.5, 0.6) is 0 Å². The molecule has 0 bridgehead atoms. The average molecular weight is 379 g/mol. The van der Waals surface area contributed by atoms with Crippen LogP contribution in [0.2, 0.25) is 0 Å². The number of amides is 2. The first-order valence-corrected chi connectivity index (χ1v) is 10.2. The largest absolute Gasteiger partial charge is 0.334 e. The van der Waals surface area contributed by atoms with Crippen LogP contribution in [0, 0.1) is 12.8 Å². The Morgan fingerprint density at radius 3 is 2.36 bits per heavy atom. The number of benzene rings is 2. The van der Waals surface area contributed by atoms with Crippen LogP contribution >= 0.6 is 0 Å². The number of aryl methyl sites for hydroxylation is 1. The van der Waals surface area contributed by atoms with Crippen LogP contribution in [0.15, 0.2) is 48.5 Å². The first-order valence-electron chi connectivity index (χ1n) is 10.2. The Bertz CT molecular complexity index is 822. The highest BCUT2D eigenvalue weighted by molar-refractivity contribution is 6.39. The summed E-state index contributed by atoms with van der Waals surface area (Å²) in [4.78, 5) is 27.0. The SMILES string of the molecule is Cc1cccc(C(C)C)c1NC(=O)C(=O)N1CCC(Cc2ccccc2)CC1. The van der Waals surface area contributed by atoms with Gasteiger partial charge in [-0.25, -0.2) is 0 Å². The smallest absolute Gasteiger partial charge is 0.313 e. The molecule has 1 aliphatic rings. The average Bonchev–Trinajstić information content (AvgIpc) is 2.70. The maximum Gasteiger partial charge on any atom is 0.313 e. The van der Waals surface area contributed by atoms with Crippen LogP contribution < -0.4 is 5.32 Å². The van der Waals surface area contributed by atoms with Crippen molar-refractivity contribution in [2.45, 2.75) is 46.0 Å². The minimum absolute atomic E-state index is 0.277. The number of carbonyl (C=O) groups excluding carboxylic acids is 2. The van der Waals surface area contributed by atoms with Crippen LogP contribution in [0.25, 0.3) is 0 Å². The number of carbonyl (C=O) groups is 2. The number of rotatable bonds is 4. The van der Waals surface area contributed by atoms with E-state index >= 15 is 0 Å². The molecule has 2 amide bonds. The molecule has 2 aromatic carbocycles. The first-order chi connectivity index (χ1) is 13.5. The van der Waals surface area contributed by atoms with Crippen molar-refractivity contribution in [3.05, 3.63) is 65.2 Å². The fourth-order valence-corrected chi connectivity index (χ4v) is 3.94. The first kappa shape index (κ1) is 20.1. The van der Waals surface area contributed by atoms with E-state index < -0.39 is 11.8 Å². The summed E-state index contributed by atoms with van der Waals surface area (Å²) in [6, 6.07) is 16.4. The lowest BCUT2D eigenvalue weighted by atomic mass is 9.90. The molecule has 1 heterocycles. The summed E-state index contributed by atoms with van der Waals surface area (Å²) in [6.07, 6.45) is 2.92. The highest BCUT2D eigenvalue weighted by Gasteiger charge is 2.28. The predicted molar refractivity (Wildman–Crippen MR) is 113 cm³/mol. The van der Waals surface area contributed by atoms with Gasteiger partial charge in [-0.1, -0.05) is 62.4 Å². The van der Waals surface area contributed by atoms with E-state index in [0.717, 1.165) is 36.1 Å². The second-order valence-corrected chi connectivity index (χ2v) is 8.07. The quantitative estimate of drug-likeness (QED) is 0.794. The predicted octanol–water partition coefficient (Wildman–Crippen LogP) is 4.54. The maximum atomic E-state index is 12.7. The Hall–Kier alpha value is -2.62. The molecule has 4 nitrogen and oxygen atoms in total. The lowest BCUT2D eigenvalue weighted by Gasteiger charge is -2.31. The van der Waals surface area contributed by atoms with Crippen molar-refractivity contribution in [1.29, 1.82) is 0 Å². The molecule has 0 radical (unpaired) electrons. The number of anilines is 1. The number of nitrogens with zero attached hydrogens (tertiary/aromatic N) is 1. The number of likely N-dealkylation sites (tertiary alicyclic amines) is 1. The lowest BCUT2D eigenvalue weighted by Crippen LogP contribution is -2.44. The molecule has 1 fully saturated rings. The van der Waals surface area contributed by atoms with E-state index in [1.54, 1.807) is 4.90 Å². The van der Waals surface area contributed by atoms with Gasteiger partial charge in [0.05, 0.1) is 0 Å². The van der Waals surface area contributed by atoms with Crippen LogP contribution in [-0.2, 0) is 16.0 Å². The monoisotopic (exact) mass is 378 g/mol. The lowest BCUT2D eigenvalue weighted by molar-refractivity contribution is -0.144. The second-order valence-electron chi connectivity index (χ2n) is 8.07. The molecule has 0 atom stereocenters. The van der Waals surface area contributed by atoms with E-state index in [9.17, 15) is 9.59 Å². The van der Waals surface area contributed by atoms with Gasteiger partial charge in [0.1, 0.15) is 0 Å². The van der Waals surface area contributed by atoms with Crippen LogP contribution in [-0.4, -0.2) is 29.8 Å². The van der Waals surface area contributed by atoms with Gasteiger partial charge >= 0.3 is 11.8 Å². The van der Waals surface area contributed by atoms with Crippen molar-refractivity contribution >= 4 is 17.5 Å². The van der Waals surface area contributed by atoms with E-state index in [0.29, 0.717) is 19.0 Å². The van der Waals surface area contributed by atoms with E-state index in [-0.39, 0.29) is 5.92 Å². The molecular weight excluding hydrogens is 348 g/mol. The number of hydrogen-bond donors (Lipinski definition) is 1. The fourth-order valence-electron chi connectivity index (χ4n) is 3.94. The summed E-state index contributed by atoms with van der Waals surface area (Å²) in [6.45, 7) is 7.43. The van der Waals surface area contributed by atoms with Gasteiger partial charge < -0.3 is 10.2 Å². The molecule has 0 saturated carbocycles. The minimum Gasteiger partial charge on any atom is -0.334 e. The van der Waals surface area contributed by atoms with E-state index in [4.69, 9.17) is 0 Å². The molecule has 0 aliphatic carbocycles. The molecule has 0 spiro atoms. The molecule has 2 aromatic rings. The summed E-state index contributed by atoms with van der Waals surface area (Å²) in [5.74, 6) is -0.105. The number of para-hydroxylation sites is 1. The van der Waals surface area contributed by atoms with E-state index in [1.807, 2.05) is 31.2 Å². The molecule has 28 heavy (non-hydrogen) atoms. The maximum absolute atomic E-state index is 12.7. The third kappa shape index (κ3) is 4.80. The Balaban J connectivity index is 1.57. The van der Waals surface area contributed by atoms with Crippen LogP contribution in [0.3, 0.4) is 0 Å². The molecule has 3 rings (SSSR count). The molecule has 1 saturated heterocycles.